The van der Waals surface area contributed by atoms with Crippen molar-refractivity contribution in [2.45, 2.75) is 209 Å². The summed E-state index contributed by atoms with van der Waals surface area (Å²) in [6, 6.07) is -6.60. The maximum atomic E-state index is 15.2. The van der Waals surface area contributed by atoms with Gasteiger partial charge in [-0.05, 0) is 46.0 Å². The molecule has 21 N–H and O–H groups in total. The largest absolute Gasteiger partial charge is 0.394 e. The Bertz CT molecular complexity index is 3140. The van der Waals surface area contributed by atoms with E-state index in [0.29, 0.717) is 32.3 Å². The summed E-state index contributed by atoms with van der Waals surface area (Å²) >= 11 is 0. The Labute approximate surface area is 747 Å². The van der Waals surface area contributed by atoms with E-state index in [1.807, 2.05) is 6.92 Å². The van der Waals surface area contributed by atoms with Crippen LogP contribution in [0.5, 0.6) is 0 Å². The summed E-state index contributed by atoms with van der Waals surface area (Å²) in [6.45, 7) is 1.24. The zero-order valence-electron chi connectivity index (χ0n) is 74.0. The molecule has 0 aromatic rings. The molecule has 0 aromatic carbocycles. The zero-order valence-corrected chi connectivity index (χ0v) is 74.0. The molecule has 129 heavy (non-hydrogen) atoms. The average molecular weight is 1870 g/mol. The number of ether oxygens (including phenoxy) is 17. The lowest BCUT2D eigenvalue weighted by atomic mass is 9.86. The Morgan fingerprint density at radius 2 is 0.744 bits per heavy atom. The molecule has 0 radical (unpaired) electrons. The minimum Gasteiger partial charge on any atom is -0.394 e. The summed E-state index contributed by atoms with van der Waals surface area (Å²) in [4.78, 5) is 149. The van der Waals surface area contributed by atoms with Crippen LogP contribution in [-0.4, -0.2) is 482 Å². The van der Waals surface area contributed by atoms with Crippen LogP contribution in [0.4, 0.5) is 0 Å². The van der Waals surface area contributed by atoms with Gasteiger partial charge < -0.3 is 199 Å². The fourth-order valence-corrected chi connectivity index (χ4v) is 13.4. The number of rotatable bonds is 68. The number of hydrogen-bond donors (Lipinski definition) is 21. The van der Waals surface area contributed by atoms with Crippen LogP contribution >= 0.6 is 0 Å². The molecular formula is C78H139N11O40. The molecular weight excluding hydrogens is 1730 g/mol. The molecule has 0 spiro atoms. The summed E-state index contributed by atoms with van der Waals surface area (Å²) in [5.74, 6) is -8.57. The Hall–Kier alpha value is -6.99. The molecule has 19 unspecified atom stereocenters. The van der Waals surface area contributed by atoms with Crippen LogP contribution in [0.1, 0.15) is 80.1 Å². The molecule has 1 aliphatic carbocycles. The van der Waals surface area contributed by atoms with Crippen molar-refractivity contribution in [3.05, 3.63) is 0 Å². The molecule has 1 saturated carbocycles. The monoisotopic (exact) mass is 1870 g/mol. The average Bonchev–Trinajstić information content (AvgIpc) is 0.815. The van der Waals surface area contributed by atoms with Crippen molar-refractivity contribution in [2.75, 3.05) is 218 Å². The lowest BCUT2D eigenvalue weighted by molar-refractivity contribution is -0.272. The predicted molar refractivity (Wildman–Crippen MR) is 437 cm³/mol. The summed E-state index contributed by atoms with van der Waals surface area (Å²) in [5.41, 5.74) is 0. The molecule has 19 atom stereocenters. The Morgan fingerprint density at radius 1 is 0.411 bits per heavy atom. The quantitative estimate of drug-likeness (QED) is 0.0199. The minimum absolute atomic E-state index is 0.000873. The predicted octanol–water partition coefficient (Wildman–Crippen LogP) is -12.5. The number of aliphatic hydroxyl groups excluding tert-OH is 11. The van der Waals surface area contributed by atoms with Crippen molar-refractivity contribution < 1.29 is 195 Å². The van der Waals surface area contributed by atoms with Crippen LogP contribution in [-0.2, 0) is 133 Å². The van der Waals surface area contributed by atoms with E-state index in [1.165, 1.54) is 27.7 Å². The normalized spacial score (nSPS) is 24.9. The van der Waals surface area contributed by atoms with Crippen LogP contribution < -0.4 is 47.9 Å². The number of nitrogens with zero attached hydrogens (tertiary/aromatic N) is 2. The highest BCUT2D eigenvalue weighted by Gasteiger charge is 2.49. The second kappa shape index (κ2) is 65.6. The summed E-state index contributed by atoms with van der Waals surface area (Å²) in [5, 5.41) is 144. The molecule has 51 nitrogen and oxygen atoms in total. The van der Waals surface area contributed by atoms with Gasteiger partial charge in [-0.25, -0.2) is 0 Å². The Kier molecular flexibility index (Phi) is 58.1. The van der Waals surface area contributed by atoms with Gasteiger partial charge in [-0.15, -0.1) is 0 Å². The highest BCUT2D eigenvalue weighted by molar-refractivity contribution is 5.95. The number of amides is 11. The lowest BCUT2D eigenvalue weighted by Crippen LogP contribution is -2.64. The molecule has 4 rings (SSSR count). The highest BCUT2D eigenvalue weighted by atomic mass is 16.7. The molecule has 0 aromatic heterocycles. The third kappa shape index (κ3) is 45.1. The third-order valence-electron chi connectivity index (χ3n) is 19.9. The van der Waals surface area contributed by atoms with E-state index < -0.39 is 259 Å². The van der Waals surface area contributed by atoms with Crippen molar-refractivity contribution >= 4 is 65.0 Å². The summed E-state index contributed by atoms with van der Waals surface area (Å²) in [7, 11) is 0. The molecule has 11 amide bonds. The van der Waals surface area contributed by atoms with Gasteiger partial charge in [0.15, 0.2) is 31.5 Å². The van der Waals surface area contributed by atoms with Gasteiger partial charge in [-0.3, -0.25) is 52.7 Å². The van der Waals surface area contributed by atoms with Crippen molar-refractivity contribution in [1.82, 2.24) is 57.7 Å². The molecule has 0 bridgehead atoms. The molecule has 3 saturated heterocycles. The Morgan fingerprint density at radius 3 is 1.06 bits per heavy atom. The van der Waals surface area contributed by atoms with E-state index in [4.69, 9.17) is 80.5 Å². The van der Waals surface area contributed by atoms with Crippen LogP contribution in [0, 0.1) is 5.92 Å². The lowest BCUT2D eigenvalue weighted by Gasteiger charge is -2.42. The fourth-order valence-electron chi connectivity index (χ4n) is 13.4. The van der Waals surface area contributed by atoms with E-state index in [2.05, 4.69) is 47.9 Å². The maximum Gasteiger partial charge on any atom is 0.246 e. The van der Waals surface area contributed by atoms with Crippen molar-refractivity contribution in [1.29, 1.82) is 0 Å². The molecule has 3 heterocycles. The first-order valence-electron chi connectivity index (χ1n) is 43.0. The molecule has 746 valence electrons. The Balaban J connectivity index is 1.48. The van der Waals surface area contributed by atoms with Crippen LogP contribution in [0.3, 0.4) is 0 Å². The van der Waals surface area contributed by atoms with Gasteiger partial charge in [0.1, 0.15) is 111 Å². The minimum atomic E-state index is -2.10. The van der Waals surface area contributed by atoms with Gasteiger partial charge in [-0.1, -0.05) is 0 Å². The molecule has 4 fully saturated rings. The number of aliphatic hydroxyl groups is 12. The van der Waals surface area contributed by atoms with Gasteiger partial charge in [0.2, 0.25) is 65.0 Å². The topological polar surface area (TPSA) is 702 Å². The second-order valence-electron chi connectivity index (χ2n) is 30.2. The van der Waals surface area contributed by atoms with Crippen molar-refractivity contribution in [2.24, 2.45) is 5.92 Å². The standard InChI is InChI=1S/C78H139N11O40/c1-7-121-52-10-8-51(9-11-52)72(109)87-53(73(110)89(41-60(101)82-17-21-116-25-29-120-33-37-125-78(126-46(2)42-90)65(74(111)112)86-50(6)97)40-59(100)81-16-20-115-24-28-119-32-36-124-77-64(85-49(5)96)71(108)68(105)56(45-93)129-77)12-13-61(102)88(38-57(98)79-14-18-113-22-26-117-30-34-122-75-62(83-47(3)94)69(106)66(103)54(43-91)127-75)39-58(99)80-15-19-114-23-27-118-31-35-123-76-63(84-48(4)95)70(107)67(104)55(44-92)128-76/h46,51-56,62-71,74-78,90-93,103-108,111-112H,7-45H2,1-6H3,(H,79,98)(H,80,99)(H,81,100)(H,82,101)(H,83,94)(H,84,95)(H,85,96)(H,86,97)(H,87,109). The van der Waals surface area contributed by atoms with E-state index in [9.17, 15) is 109 Å². The maximum absolute atomic E-state index is 15.2. The molecule has 51 heteroatoms. The highest BCUT2D eigenvalue weighted by Crippen LogP contribution is 2.29. The van der Waals surface area contributed by atoms with Gasteiger partial charge in [0.05, 0.1) is 171 Å². The smallest absolute Gasteiger partial charge is 0.246 e. The van der Waals surface area contributed by atoms with E-state index in [1.54, 1.807) is 0 Å². The molecule has 3 aliphatic heterocycles. The summed E-state index contributed by atoms with van der Waals surface area (Å²) in [6.07, 6.45) is -20.5. The third-order valence-corrected chi connectivity index (χ3v) is 19.9. The first-order valence-corrected chi connectivity index (χ1v) is 43.0. The number of carbonyl (C=O) groups excluding carboxylic acids is 11. The van der Waals surface area contributed by atoms with E-state index in [-0.39, 0.29) is 164 Å². The van der Waals surface area contributed by atoms with Crippen LogP contribution in [0.2, 0.25) is 0 Å². The summed E-state index contributed by atoms with van der Waals surface area (Å²) < 4.78 is 95.3. The van der Waals surface area contributed by atoms with Gasteiger partial charge in [-0.2, -0.15) is 0 Å². The van der Waals surface area contributed by atoms with E-state index >= 15 is 4.79 Å². The zero-order chi connectivity index (χ0) is 95.2. The second-order valence-corrected chi connectivity index (χ2v) is 30.2. The van der Waals surface area contributed by atoms with Gasteiger partial charge in [0.25, 0.3) is 0 Å². The van der Waals surface area contributed by atoms with Crippen molar-refractivity contribution in [3.63, 3.8) is 0 Å². The number of hydrogen-bond acceptors (Lipinski definition) is 40. The van der Waals surface area contributed by atoms with Crippen molar-refractivity contribution in [3.8, 4) is 0 Å². The van der Waals surface area contributed by atoms with E-state index in [0.717, 1.165) is 16.7 Å². The van der Waals surface area contributed by atoms with Crippen LogP contribution in [0.25, 0.3) is 0 Å². The number of nitrogens with one attached hydrogen (secondary N) is 9. The van der Waals surface area contributed by atoms with Gasteiger partial charge >= 0.3 is 0 Å². The van der Waals surface area contributed by atoms with Crippen LogP contribution in [0.15, 0.2) is 0 Å². The SMILES string of the molecule is CCOC1CCC(C(=O)NC(CCC(=O)N(CC(=O)NCCOCCOCCOC2OC(CO)C(O)C(O)C2NC(C)=O)CC(=O)NCCOCCOCCOC2OC(CO)C(O)C(O)C2NC(C)=O)C(=O)N(CC(=O)NCCOCCOCCOC(OC(C)CO)C(NC(C)=O)C(O)O)CC(=O)NCCOCCOCCOC2OC(CO)C(O)C(O)C2NC(C)=O)CC1. The first kappa shape index (κ1) is 114. The first-order chi connectivity index (χ1) is 61.8. The van der Waals surface area contributed by atoms with Gasteiger partial charge in [0, 0.05) is 72.8 Å². The molecule has 4 aliphatic rings. The number of carbonyl (C=O) groups is 11. The fraction of sp³-hybridized carbons (Fsp3) is 0.859.